The molecule has 0 spiro atoms. The second kappa shape index (κ2) is 5.69. The van der Waals surface area contributed by atoms with E-state index in [0.29, 0.717) is 6.61 Å². The smallest absolute Gasteiger partial charge is 0.420 e. The van der Waals surface area contributed by atoms with Gasteiger partial charge in [0, 0.05) is 12.3 Å². The van der Waals surface area contributed by atoms with E-state index in [2.05, 4.69) is 0 Å². The van der Waals surface area contributed by atoms with Gasteiger partial charge < -0.3 is 15.2 Å². The lowest BCUT2D eigenvalue weighted by molar-refractivity contribution is -0.139. The third-order valence-electron chi connectivity index (χ3n) is 3.01. The number of hydrogen-bond donors (Lipinski definition) is 1. The van der Waals surface area contributed by atoms with Crippen LogP contribution in [0.25, 0.3) is 0 Å². The van der Waals surface area contributed by atoms with Gasteiger partial charge in [0.05, 0.1) is 11.7 Å². The Morgan fingerprint density at radius 3 is 2.74 bits per heavy atom. The Kier molecular flexibility index (Phi) is 4.19. The van der Waals surface area contributed by atoms with Gasteiger partial charge in [-0.25, -0.2) is 0 Å². The molecule has 0 bridgehead atoms. The predicted molar refractivity (Wildman–Crippen MR) is 64.9 cm³/mol. The van der Waals surface area contributed by atoms with Gasteiger partial charge in [-0.3, -0.25) is 0 Å². The van der Waals surface area contributed by atoms with Crippen LogP contribution in [0.15, 0.2) is 18.2 Å². The molecular formula is C13H16F3NO2. The highest BCUT2D eigenvalue weighted by Gasteiger charge is 2.34. The van der Waals surface area contributed by atoms with E-state index in [1.807, 2.05) is 0 Å². The molecule has 1 saturated heterocycles. The Bertz CT molecular complexity index is 428. The zero-order chi connectivity index (χ0) is 13.9. The molecular weight excluding hydrogens is 259 g/mol. The Labute approximate surface area is 109 Å². The van der Waals surface area contributed by atoms with Gasteiger partial charge >= 0.3 is 6.18 Å². The lowest BCUT2D eigenvalue weighted by Crippen LogP contribution is -2.26. The zero-order valence-electron chi connectivity index (χ0n) is 10.4. The van der Waals surface area contributed by atoms with E-state index in [4.69, 9.17) is 15.2 Å². The van der Waals surface area contributed by atoms with Crippen LogP contribution in [-0.2, 0) is 10.9 Å². The van der Waals surface area contributed by atoms with E-state index in [9.17, 15) is 13.2 Å². The van der Waals surface area contributed by atoms with Crippen LogP contribution in [0.2, 0.25) is 0 Å². The highest BCUT2D eigenvalue weighted by molar-refractivity contribution is 5.49. The van der Waals surface area contributed by atoms with Gasteiger partial charge in [0.1, 0.15) is 12.4 Å². The molecule has 19 heavy (non-hydrogen) atoms. The van der Waals surface area contributed by atoms with Crippen molar-refractivity contribution in [2.75, 3.05) is 18.9 Å². The minimum atomic E-state index is -4.47. The molecule has 3 nitrogen and oxygen atoms in total. The summed E-state index contributed by atoms with van der Waals surface area (Å²) in [5.74, 6) is -0.198. The Balaban J connectivity index is 2.06. The molecule has 6 heteroatoms. The molecule has 1 unspecified atom stereocenters. The average Bonchev–Trinajstić information content (AvgIpc) is 2.37. The fourth-order valence-electron chi connectivity index (χ4n) is 2.02. The van der Waals surface area contributed by atoms with Crippen molar-refractivity contribution < 1.29 is 22.6 Å². The van der Waals surface area contributed by atoms with Crippen LogP contribution in [0.4, 0.5) is 18.9 Å². The number of nitrogens with two attached hydrogens (primary N) is 1. The number of ether oxygens (including phenoxy) is 2. The summed E-state index contributed by atoms with van der Waals surface area (Å²) in [6.07, 6.45) is -1.78. The molecule has 1 atom stereocenters. The summed E-state index contributed by atoms with van der Waals surface area (Å²) in [4.78, 5) is 0. The monoisotopic (exact) mass is 275 g/mol. The Morgan fingerprint density at radius 2 is 2.11 bits per heavy atom. The minimum absolute atomic E-state index is 0.0635. The molecule has 1 fully saturated rings. The maximum absolute atomic E-state index is 12.8. The van der Waals surface area contributed by atoms with Crippen molar-refractivity contribution >= 4 is 5.69 Å². The number of anilines is 1. The van der Waals surface area contributed by atoms with E-state index in [1.54, 1.807) is 0 Å². The molecule has 0 aliphatic carbocycles. The average molecular weight is 275 g/mol. The Morgan fingerprint density at radius 1 is 1.32 bits per heavy atom. The van der Waals surface area contributed by atoms with E-state index in [-0.39, 0.29) is 24.1 Å². The molecule has 1 aromatic rings. The normalized spacial score (nSPS) is 20.3. The number of hydrogen-bond acceptors (Lipinski definition) is 3. The summed E-state index contributed by atoms with van der Waals surface area (Å²) < 4.78 is 49.2. The summed E-state index contributed by atoms with van der Waals surface area (Å²) in [6.45, 7) is 0.773. The van der Waals surface area contributed by atoms with Gasteiger partial charge in [-0.15, -0.1) is 0 Å². The molecule has 0 amide bonds. The molecule has 106 valence electrons. The second-order valence-electron chi connectivity index (χ2n) is 4.55. The van der Waals surface area contributed by atoms with Gasteiger partial charge in [-0.1, -0.05) is 0 Å². The molecule has 1 aliphatic rings. The summed E-state index contributed by atoms with van der Waals surface area (Å²) in [6, 6.07) is 3.53. The first kappa shape index (κ1) is 14.0. The number of nitrogen functional groups attached to an aromatic ring is 1. The minimum Gasteiger partial charge on any atom is -0.490 e. The van der Waals surface area contributed by atoms with Crippen LogP contribution < -0.4 is 10.5 Å². The lowest BCUT2D eigenvalue weighted by Gasteiger charge is -2.23. The topological polar surface area (TPSA) is 44.5 Å². The molecule has 1 heterocycles. The van der Waals surface area contributed by atoms with Crippen LogP contribution in [0.1, 0.15) is 24.8 Å². The fourth-order valence-corrected chi connectivity index (χ4v) is 2.02. The van der Waals surface area contributed by atoms with Gasteiger partial charge in [0.2, 0.25) is 0 Å². The number of benzene rings is 1. The summed E-state index contributed by atoms with van der Waals surface area (Å²) in [5, 5.41) is 0. The van der Waals surface area contributed by atoms with E-state index >= 15 is 0 Å². The van der Waals surface area contributed by atoms with Crippen molar-refractivity contribution in [3.05, 3.63) is 23.8 Å². The second-order valence-corrected chi connectivity index (χ2v) is 4.55. The maximum Gasteiger partial charge on any atom is 0.420 e. The third-order valence-corrected chi connectivity index (χ3v) is 3.01. The molecule has 2 rings (SSSR count). The fraction of sp³-hybridized carbons (Fsp3) is 0.538. The summed E-state index contributed by atoms with van der Waals surface area (Å²) >= 11 is 0. The number of alkyl halides is 3. The summed E-state index contributed by atoms with van der Waals surface area (Å²) in [5.41, 5.74) is 4.60. The standard InChI is InChI=1S/C13H16F3NO2/c14-13(15,16)11-7-9(17)4-5-12(11)19-8-10-3-1-2-6-18-10/h4-5,7,10H,1-3,6,8,17H2. The van der Waals surface area contributed by atoms with E-state index in [1.165, 1.54) is 12.1 Å². The highest BCUT2D eigenvalue weighted by atomic mass is 19.4. The molecule has 2 N–H and O–H groups in total. The van der Waals surface area contributed by atoms with E-state index < -0.39 is 11.7 Å². The lowest BCUT2D eigenvalue weighted by atomic mass is 10.1. The summed E-state index contributed by atoms with van der Waals surface area (Å²) in [7, 11) is 0. The number of rotatable bonds is 3. The van der Waals surface area contributed by atoms with Crippen molar-refractivity contribution in [1.82, 2.24) is 0 Å². The predicted octanol–water partition coefficient (Wildman–Crippen LogP) is 3.24. The van der Waals surface area contributed by atoms with E-state index in [0.717, 1.165) is 25.3 Å². The van der Waals surface area contributed by atoms with Crippen molar-refractivity contribution in [1.29, 1.82) is 0 Å². The van der Waals surface area contributed by atoms with Gasteiger partial charge in [0.25, 0.3) is 0 Å². The van der Waals surface area contributed by atoms with Crippen molar-refractivity contribution in [2.24, 2.45) is 0 Å². The molecule has 0 aromatic heterocycles. The van der Waals surface area contributed by atoms with Crippen LogP contribution in [0.3, 0.4) is 0 Å². The number of halogens is 3. The van der Waals surface area contributed by atoms with Crippen LogP contribution in [-0.4, -0.2) is 19.3 Å². The zero-order valence-corrected chi connectivity index (χ0v) is 10.4. The van der Waals surface area contributed by atoms with Crippen LogP contribution >= 0.6 is 0 Å². The van der Waals surface area contributed by atoms with Gasteiger partial charge in [-0.2, -0.15) is 13.2 Å². The molecule has 0 saturated carbocycles. The third kappa shape index (κ3) is 3.76. The van der Waals surface area contributed by atoms with Crippen molar-refractivity contribution in [2.45, 2.75) is 31.5 Å². The van der Waals surface area contributed by atoms with Crippen LogP contribution in [0.5, 0.6) is 5.75 Å². The first-order valence-electron chi connectivity index (χ1n) is 6.18. The highest BCUT2D eigenvalue weighted by Crippen LogP contribution is 2.37. The maximum atomic E-state index is 12.8. The first-order chi connectivity index (χ1) is 8.97. The largest absolute Gasteiger partial charge is 0.490 e. The quantitative estimate of drug-likeness (QED) is 0.861. The van der Waals surface area contributed by atoms with Gasteiger partial charge in [0.15, 0.2) is 0 Å². The van der Waals surface area contributed by atoms with Crippen molar-refractivity contribution in [3.63, 3.8) is 0 Å². The molecule has 0 radical (unpaired) electrons. The van der Waals surface area contributed by atoms with Crippen LogP contribution in [0, 0.1) is 0 Å². The SMILES string of the molecule is Nc1ccc(OCC2CCCCO2)c(C(F)(F)F)c1. The van der Waals surface area contributed by atoms with Gasteiger partial charge in [-0.05, 0) is 37.5 Å². The molecule has 1 aromatic carbocycles. The van der Waals surface area contributed by atoms with Crippen molar-refractivity contribution in [3.8, 4) is 5.75 Å². The first-order valence-corrected chi connectivity index (χ1v) is 6.18. The molecule has 1 aliphatic heterocycles. The Hall–Kier alpha value is -1.43.